The molecule has 0 bridgehead atoms. The molecule has 0 spiro atoms. The van der Waals surface area contributed by atoms with Crippen molar-refractivity contribution in [2.75, 3.05) is 128 Å². The van der Waals surface area contributed by atoms with E-state index in [2.05, 4.69) is 123 Å². The molecule has 6 fully saturated rings. The lowest BCUT2D eigenvalue weighted by Gasteiger charge is -2.24. The third kappa shape index (κ3) is 20.1. The first kappa shape index (κ1) is 88.9. The van der Waals surface area contributed by atoms with Crippen LogP contribution in [0.15, 0.2) is 60.1 Å². The average molecular weight is 1960 g/mol. The van der Waals surface area contributed by atoms with E-state index in [4.69, 9.17) is 98.4 Å². The highest BCUT2D eigenvalue weighted by Gasteiger charge is 2.56. The summed E-state index contributed by atoms with van der Waals surface area (Å²) in [6, 6.07) is 17.2. The van der Waals surface area contributed by atoms with Crippen LogP contribution in [0.4, 0.5) is 64.1 Å². The molecule has 43 heteroatoms. The van der Waals surface area contributed by atoms with Gasteiger partial charge in [-0.3, -0.25) is 0 Å². The van der Waals surface area contributed by atoms with Crippen LogP contribution in [0.1, 0.15) is 53.4 Å². The molecule has 0 unspecified atom stereocenters. The predicted octanol–water partition coefficient (Wildman–Crippen LogP) is 8.76. The monoisotopic (exact) mass is 1960 g/mol. The van der Waals surface area contributed by atoms with Crippen molar-refractivity contribution in [3.05, 3.63) is 87.9 Å². The van der Waals surface area contributed by atoms with Crippen LogP contribution in [0.25, 0.3) is 51.8 Å². The predicted molar refractivity (Wildman–Crippen MR) is 473 cm³/mol. The second-order valence-electron chi connectivity index (χ2n) is 30.1. The molecule has 2 aliphatic heterocycles. The lowest BCUT2D eigenvalue weighted by atomic mass is 10.1. The number of benzene rings is 3. The van der Waals surface area contributed by atoms with Gasteiger partial charge in [0.2, 0.25) is 23.8 Å². The van der Waals surface area contributed by atoms with Crippen molar-refractivity contribution >= 4 is 220 Å². The van der Waals surface area contributed by atoms with E-state index in [-0.39, 0.29) is 120 Å². The number of aromatic nitrogens is 11. The molecular formula is C73H92Cl4I2N22O12S3. The Bertz CT molecular complexity index is 5130. The molecule has 7 aromatic heterocycles. The molecule has 3 aromatic carbocycles. The van der Waals surface area contributed by atoms with Gasteiger partial charge in [0.05, 0.1) is 103 Å². The Morgan fingerprint density at radius 2 is 0.741 bits per heavy atom. The molecule has 16 atom stereocenters. The van der Waals surface area contributed by atoms with Crippen molar-refractivity contribution in [1.29, 1.82) is 0 Å². The fourth-order valence-electron chi connectivity index (χ4n) is 14.7. The summed E-state index contributed by atoms with van der Waals surface area (Å²) in [5, 5.41) is 93.3. The Hall–Kier alpha value is -6.41. The highest BCUT2D eigenvalue weighted by molar-refractivity contribution is 14.1. The highest BCUT2D eigenvalue weighted by Crippen LogP contribution is 2.48. The van der Waals surface area contributed by atoms with Crippen molar-refractivity contribution < 1.29 is 59.8 Å². The summed E-state index contributed by atoms with van der Waals surface area (Å²) < 4.78 is 28.7. The van der Waals surface area contributed by atoms with E-state index in [0.717, 1.165) is 43.7 Å². The molecule has 626 valence electrons. The topological polar surface area (TPSA) is 502 Å². The normalized spacial score (nSPS) is 25.9. The fraction of sp³-hybridized carbons (Fsp3) is 0.493. The molecule has 116 heavy (non-hydrogen) atoms. The van der Waals surface area contributed by atoms with Crippen LogP contribution in [-0.4, -0.2) is 249 Å². The molecular weight excluding hydrogens is 1870 g/mol. The van der Waals surface area contributed by atoms with Gasteiger partial charge >= 0.3 is 0 Å². The summed E-state index contributed by atoms with van der Waals surface area (Å²) in [5.41, 5.74) is 32.0. The lowest BCUT2D eigenvalue weighted by Crippen LogP contribution is -2.35. The van der Waals surface area contributed by atoms with Crippen LogP contribution in [-0.2, 0) is 18.9 Å². The maximum atomic E-state index is 10.4. The Balaban J connectivity index is 0.000000138. The smallest absolute Gasteiger partial charge is 0.223 e. The summed E-state index contributed by atoms with van der Waals surface area (Å²) >= 11 is 33.6. The standard InChI is InChI=1S/C22H27ClN6O3S.C19H23ClN6O3S.C13H18ClIN4O3.C10H14ClIN4O3.C9H10N2S/c1-22(2)31-16-10(9-30)7-13(17(16)32-22)25-19-15(18(23)27-21(24)28-19)20-26-12-6-5-11(29(3)4)8-14(12)33-20;1-26(2)9-3-4-10-12(6-9)30-18(23-10)13-16(20)24-19(21)25-17(13)22-11-5-8(7-27)14(28)15(11)29;1-13(2)21-8-5(4-20)3-6(9(8)22-13)17-11-7(15)10(14)18-12(16)19-11;11-8-5(12)9(16-10(13)15-8)14-4-1-3(2-17)6(18)7(4)19;1-11(2)7-3-4-8-9(5-7)12-6-10-8/h5-6,8,10,13,16-17,30H,7,9H2,1-4H3,(H3,24,25,27,28);3-4,6,8,11,14-15,27-29H,5,7H2,1-2H3,(H3,21,22,24,25);5-6,8-9,20H,3-4H2,1-2H3,(H3,16,17,18,19);3-4,6-7,17-19H,1-2H2,(H3,13,14,15,16);3-6H,1-2H3/t10-,13-,16-,17+;8-,11-,14-,15+;5-,6-,8-,9+;3-,4-,6-,7+;/m1111./s1. The number of nitrogens with two attached hydrogens (primary N) is 4. The first-order valence-corrected chi connectivity index (χ1v) is 42.9. The largest absolute Gasteiger partial charge is 0.396 e. The Morgan fingerprint density at radius 1 is 0.422 bits per heavy atom. The molecule has 6 aliphatic rings. The molecule has 4 saturated carbocycles. The number of fused-ring (bicyclic) bond motifs is 5. The van der Waals surface area contributed by atoms with Gasteiger partial charge in [-0.2, -0.15) is 19.9 Å². The number of hydrogen-bond acceptors (Lipinski definition) is 37. The minimum atomic E-state index is -1.07. The van der Waals surface area contributed by atoms with Crippen LogP contribution < -0.4 is 58.9 Å². The molecule has 2 saturated heterocycles. The molecule has 0 amide bonds. The molecule has 34 nitrogen and oxygen atoms in total. The zero-order chi connectivity index (χ0) is 83.8. The number of aliphatic hydroxyl groups excluding tert-OH is 8. The Kier molecular flexibility index (Phi) is 28.6. The van der Waals surface area contributed by atoms with Gasteiger partial charge in [0.1, 0.15) is 78.3 Å². The SMILES string of the molecule is CC1(C)O[C@@H]2[C@@H](CO)C[C@@H](Nc3nc(N)nc(Cl)c3I)[C@@H]2O1.CN(C)c1ccc2nc(-c3c(Cl)nc(N)nc3N[C@@H]3C[C@H](CO)[C@@H](O)[C@H]3O)sc2c1.CN(C)c1ccc2nc(-c3c(Cl)nc(N)nc3N[C@@H]3C[C@H](CO)[C@H]4OC(C)(C)O[C@H]43)sc2c1.CN(C)c1ccc2ncsc2c1.Nc1nc(Cl)c(I)c(N[C@@H]2C[C@H](CO)[C@@H](O)[C@H]2O)n1. The summed E-state index contributed by atoms with van der Waals surface area (Å²) in [4.78, 5) is 52.8. The zero-order valence-electron chi connectivity index (χ0n) is 64.4. The van der Waals surface area contributed by atoms with Gasteiger partial charge in [0, 0.05) is 109 Å². The van der Waals surface area contributed by atoms with Crippen molar-refractivity contribution in [1.82, 2.24) is 54.8 Å². The quantitative estimate of drug-likeness (QED) is 0.0299. The summed E-state index contributed by atoms with van der Waals surface area (Å²) in [5.74, 6) is -0.174. The lowest BCUT2D eigenvalue weighted by molar-refractivity contribution is -0.159. The molecule has 16 rings (SSSR count). The van der Waals surface area contributed by atoms with E-state index in [9.17, 15) is 35.7 Å². The van der Waals surface area contributed by atoms with E-state index in [1.54, 1.807) is 11.3 Å². The third-order valence-electron chi connectivity index (χ3n) is 20.4. The number of nitrogens with one attached hydrogen (secondary N) is 4. The van der Waals surface area contributed by atoms with Crippen LogP contribution in [0.2, 0.25) is 20.6 Å². The molecule has 20 N–H and O–H groups in total. The number of nitrogen functional groups attached to an aromatic ring is 4. The Labute approximate surface area is 727 Å². The van der Waals surface area contributed by atoms with Gasteiger partial charge < -0.3 is 119 Å². The van der Waals surface area contributed by atoms with Gasteiger partial charge in [-0.1, -0.05) is 46.4 Å². The van der Waals surface area contributed by atoms with E-state index in [1.165, 1.54) is 33.1 Å². The van der Waals surface area contributed by atoms with Crippen LogP contribution >= 0.6 is 126 Å². The zero-order valence-corrected chi connectivity index (χ0v) is 74.2. The van der Waals surface area contributed by atoms with Crippen molar-refractivity contribution in [2.24, 2.45) is 23.7 Å². The first-order chi connectivity index (χ1) is 54.9. The van der Waals surface area contributed by atoms with E-state index in [1.807, 2.05) is 138 Å². The summed E-state index contributed by atoms with van der Waals surface area (Å²) in [6.45, 7) is 7.19. The number of nitrogens with zero attached hydrogens (tertiary/aromatic N) is 14. The van der Waals surface area contributed by atoms with Gasteiger partial charge in [0.15, 0.2) is 11.6 Å². The third-order valence-corrected chi connectivity index (χ3v) is 27.1. The maximum Gasteiger partial charge on any atom is 0.223 e. The first-order valence-electron chi connectivity index (χ1n) is 36.7. The Morgan fingerprint density at radius 3 is 1.11 bits per heavy atom. The minimum absolute atomic E-state index is 0.0182. The molecule has 9 heterocycles. The second-order valence-corrected chi connectivity index (χ2v) is 36.6. The van der Waals surface area contributed by atoms with Crippen LogP contribution in [0.3, 0.4) is 0 Å². The van der Waals surface area contributed by atoms with Gasteiger partial charge in [-0.15, -0.1) is 34.0 Å². The average Bonchev–Trinajstić information content (AvgIpc) is 1.61. The van der Waals surface area contributed by atoms with Gasteiger partial charge in [-0.25, -0.2) is 34.9 Å². The molecule has 0 radical (unpaired) electrons. The summed E-state index contributed by atoms with van der Waals surface area (Å²) in [7, 11) is 12.0. The number of halogens is 6. The second kappa shape index (κ2) is 37.3. The maximum absolute atomic E-state index is 10.4. The molecule has 4 aliphatic carbocycles. The number of thiazole rings is 3. The number of hydrogen-bond donors (Lipinski definition) is 16. The van der Waals surface area contributed by atoms with E-state index < -0.39 is 54.0 Å². The van der Waals surface area contributed by atoms with Crippen molar-refractivity contribution in [3.8, 4) is 21.1 Å². The number of aliphatic hydroxyl groups is 8. The van der Waals surface area contributed by atoms with E-state index in [0.29, 0.717) is 76.0 Å². The van der Waals surface area contributed by atoms with Crippen molar-refractivity contribution in [3.63, 3.8) is 0 Å². The number of ether oxygens (including phenoxy) is 4. The van der Waals surface area contributed by atoms with Crippen LogP contribution in [0, 0.1) is 30.8 Å². The fourth-order valence-corrected chi connectivity index (χ4v) is 19.3. The van der Waals surface area contributed by atoms with E-state index >= 15 is 0 Å². The number of anilines is 11. The van der Waals surface area contributed by atoms with Crippen molar-refractivity contribution in [2.45, 2.75) is 138 Å². The minimum Gasteiger partial charge on any atom is -0.396 e. The highest BCUT2D eigenvalue weighted by atomic mass is 127. The summed E-state index contributed by atoms with van der Waals surface area (Å²) in [6.07, 6.45) is -2.59. The van der Waals surface area contributed by atoms with Crippen LogP contribution in [0.5, 0.6) is 0 Å². The molecule has 10 aromatic rings. The van der Waals surface area contributed by atoms with Gasteiger partial charge in [0.25, 0.3) is 0 Å². The van der Waals surface area contributed by atoms with Gasteiger partial charge in [-0.05, 0) is 153 Å². The number of rotatable bonds is 17.